The van der Waals surface area contributed by atoms with Gasteiger partial charge < -0.3 is 33.8 Å². The maximum Gasteiger partial charge on any atom is 0.472 e. The highest BCUT2D eigenvalue weighted by Crippen LogP contribution is 2.45. The molecule has 104 heavy (non-hydrogen) atoms. The van der Waals surface area contributed by atoms with Crippen LogP contribution in [0, 0.1) is 0 Å². The van der Waals surface area contributed by atoms with E-state index in [1.807, 2.05) is 0 Å². The number of phosphoric acid groups is 2. The van der Waals surface area contributed by atoms with Gasteiger partial charge >= 0.3 is 39.5 Å². The lowest BCUT2D eigenvalue weighted by molar-refractivity contribution is -0.161. The molecule has 3 N–H and O–H groups in total. The zero-order valence-corrected chi connectivity index (χ0v) is 67.2. The number of hydrogen-bond acceptors (Lipinski definition) is 15. The van der Waals surface area contributed by atoms with Gasteiger partial charge in [0.2, 0.25) is 0 Å². The van der Waals surface area contributed by atoms with E-state index in [1.54, 1.807) is 0 Å². The van der Waals surface area contributed by atoms with Gasteiger partial charge in [0, 0.05) is 25.7 Å². The minimum Gasteiger partial charge on any atom is -0.462 e. The van der Waals surface area contributed by atoms with Gasteiger partial charge in [-0.25, -0.2) is 9.13 Å². The Kier molecular flexibility index (Phi) is 73.3. The molecular weight excluding hydrogens is 1350 g/mol. The van der Waals surface area contributed by atoms with E-state index >= 15 is 0 Å². The van der Waals surface area contributed by atoms with Crippen LogP contribution in [0.3, 0.4) is 0 Å². The first-order valence-electron chi connectivity index (χ1n) is 40.8. The Morgan fingerprint density at radius 1 is 0.279 bits per heavy atom. The third kappa shape index (κ3) is 75.7. The van der Waals surface area contributed by atoms with Gasteiger partial charge in [0.25, 0.3) is 0 Å². The molecule has 598 valence electrons. The van der Waals surface area contributed by atoms with Crippen molar-refractivity contribution in [2.24, 2.45) is 0 Å². The topological polar surface area (TPSA) is 237 Å². The van der Waals surface area contributed by atoms with Crippen LogP contribution in [-0.2, 0) is 65.4 Å². The molecule has 0 rings (SSSR count). The monoisotopic (exact) mass is 1500 g/mol. The lowest BCUT2D eigenvalue weighted by Gasteiger charge is -2.21. The second-order valence-corrected chi connectivity index (χ2v) is 29.9. The number of phosphoric ester groups is 2. The highest BCUT2D eigenvalue weighted by atomic mass is 31.2. The Bertz CT molecular complexity index is 2440. The Morgan fingerprint density at radius 3 is 0.837 bits per heavy atom. The van der Waals surface area contributed by atoms with Gasteiger partial charge in [0.05, 0.1) is 26.4 Å². The molecule has 0 fully saturated rings. The molecule has 0 radical (unpaired) electrons. The lowest BCUT2D eigenvalue weighted by atomic mass is 10.0. The third-order valence-electron chi connectivity index (χ3n) is 16.9. The van der Waals surface area contributed by atoms with E-state index in [4.69, 9.17) is 37.0 Å². The molecule has 0 spiro atoms. The summed E-state index contributed by atoms with van der Waals surface area (Å²) in [7, 11) is -9.97. The summed E-state index contributed by atoms with van der Waals surface area (Å²) in [5.74, 6) is -2.23. The van der Waals surface area contributed by atoms with Crippen molar-refractivity contribution in [2.45, 2.75) is 354 Å². The van der Waals surface area contributed by atoms with Crippen LogP contribution < -0.4 is 0 Å². The largest absolute Gasteiger partial charge is 0.472 e. The first-order chi connectivity index (χ1) is 50.7. The summed E-state index contributed by atoms with van der Waals surface area (Å²) in [5.41, 5.74) is 0. The molecule has 0 bridgehead atoms. The molecule has 17 nitrogen and oxygen atoms in total. The van der Waals surface area contributed by atoms with E-state index in [0.717, 1.165) is 186 Å². The van der Waals surface area contributed by atoms with Gasteiger partial charge in [-0.05, 0) is 135 Å². The Morgan fingerprint density at radius 2 is 0.519 bits per heavy atom. The van der Waals surface area contributed by atoms with Crippen LogP contribution in [0.5, 0.6) is 0 Å². The molecular formula is C85H146O17P2. The van der Waals surface area contributed by atoms with E-state index in [0.29, 0.717) is 25.7 Å². The minimum atomic E-state index is -4.99. The zero-order chi connectivity index (χ0) is 76.0. The molecule has 0 saturated heterocycles. The lowest BCUT2D eigenvalue weighted by Crippen LogP contribution is -2.30. The molecule has 0 saturated carbocycles. The molecule has 5 unspecified atom stereocenters. The zero-order valence-electron chi connectivity index (χ0n) is 65.4. The molecule has 0 aromatic heterocycles. The number of esters is 4. The van der Waals surface area contributed by atoms with Crippen molar-refractivity contribution in [3.63, 3.8) is 0 Å². The molecule has 0 aliphatic rings. The fourth-order valence-electron chi connectivity index (χ4n) is 10.7. The Balaban J connectivity index is 5.36. The average Bonchev–Trinajstić information content (AvgIpc) is 0.913. The fourth-order valence-corrected chi connectivity index (χ4v) is 12.3. The second kappa shape index (κ2) is 76.6. The number of ether oxygens (including phenoxy) is 4. The first kappa shape index (κ1) is 99.5. The molecule has 0 aromatic carbocycles. The van der Waals surface area contributed by atoms with Crippen molar-refractivity contribution >= 4 is 39.5 Å². The SMILES string of the molecule is CC/C=C\C/C=C\C/C=C\C/C=C\C/C=C\CCCCCC(=O)OCC(COP(=O)(O)OCC(O)COP(=O)(O)OCC(COC(=O)CCCCCCCC/C=C\C/C=C\C/C=C\CCCCC)OC(=O)CCCCCCCCCCCCCCC)OC(=O)CCCCCCC/C=C\C/C=C\CCC. The van der Waals surface area contributed by atoms with Crippen molar-refractivity contribution in [3.05, 3.63) is 122 Å². The summed E-state index contributed by atoms with van der Waals surface area (Å²) in [6.07, 6.45) is 84.6. The van der Waals surface area contributed by atoms with Gasteiger partial charge in [-0.3, -0.25) is 37.3 Å². The van der Waals surface area contributed by atoms with Gasteiger partial charge in [0.15, 0.2) is 12.2 Å². The van der Waals surface area contributed by atoms with Gasteiger partial charge in [-0.2, -0.15) is 0 Å². The standard InChI is InChI=1S/C85H146O17P2/c1-5-9-13-17-21-25-29-33-35-37-39-41-43-47-49-53-57-61-65-69-82(87)95-75-80(101-84(89)71-67-63-59-55-51-45-31-27-23-19-15-11-7-3)77-99-103(91,92)97-73-79(86)74-98-104(93,94)100-78-81(102-85(90)72-68-64-60-56-52-46-32-28-24-20-16-12-8-4)76-96-83(88)70-66-62-58-54-50-48-44-42-40-38-36-34-30-26-22-18-14-10-6-2/h9,13,15,19,21-22,25-27,31,33-36,39-42,47,49,79-81,86H,5-8,10-12,14,16-18,20,23-24,28-30,32,37-38,43-46,48,50-78H2,1-4H3,(H,91,92)(H,93,94)/b13-9-,19-15-,25-21-,26-22-,31-27-,35-33-,36-34-,41-39-,42-40-,49-47-. The maximum absolute atomic E-state index is 13.1. The fraction of sp³-hybridized carbons (Fsp3) is 0.718. The van der Waals surface area contributed by atoms with Crippen LogP contribution in [0.4, 0.5) is 0 Å². The number of hydrogen-bond donors (Lipinski definition) is 3. The number of allylic oxidation sites excluding steroid dienone is 20. The first-order valence-corrected chi connectivity index (χ1v) is 43.8. The van der Waals surface area contributed by atoms with Crippen molar-refractivity contribution < 1.29 is 80.2 Å². The molecule has 0 heterocycles. The number of carbonyl (C=O) groups excluding carboxylic acids is 4. The van der Waals surface area contributed by atoms with E-state index < -0.39 is 97.5 Å². The third-order valence-corrected chi connectivity index (χ3v) is 18.8. The minimum absolute atomic E-state index is 0.0691. The van der Waals surface area contributed by atoms with E-state index in [9.17, 15) is 43.2 Å². The number of carbonyl (C=O) groups is 4. The number of rotatable bonds is 76. The number of unbranched alkanes of at least 4 members (excludes halogenated alkanes) is 30. The molecule has 0 aromatic rings. The second-order valence-electron chi connectivity index (χ2n) is 27.0. The predicted octanol–water partition coefficient (Wildman–Crippen LogP) is 23.9. The van der Waals surface area contributed by atoms with Crippen LogP contribution >= 0.6 is 15.6 Å². The number of aliphatic hydroxyl groups is 1. The average molecular weight is 1500 g/mol. The molecule has 0 aliphatic carbocycles. The molecule has 0 aliphatic heterocycles. The summed E-state index contributed by atoms with van der Waals surface area (Å²) in [6.45, 7) is 4.63. The van der Waals surface area contributed by atoms with Crippen LogP contribution in [0.2, 0.25) is 0 Å². The van der Waals surface area contributed by atoms with Crippen LogP contribution in [0.25, 0.3) is 0 Å². The maximum atomic E-state index is 13.1. The van der Waals surface area contributed by atoms with Crippen LogP contribution in [0.15, 0.2) is 122 Å². The van der Waals surface area contributed by atoms with Gasteiger partial charge in [-0.15, -0.1) is 0 Å². The van der Waals surface area contributed by atoms with E-state index in [1.165, 1.54) is 70.6 Å². The highest BCUT2D eigenvalue weighted by Gasteiger charge is 2.30. The summed E-state index contributed by atoms with van der Waals surface area (Å²) in [6, 6.07) is 0. The van der Waals surface area contributed by atoms with Crippen LogP contribution in [0.1, 0.15) is 336 Å². The quantitative estimate of drug-likeness (QED) is 0.0169. The van der Waals surface area contributed by atoms with Crippen LogP contribution in [-0.4, -0.2) is 96.7 Å². The Hall–Kier alpha value is -4.54. The van der Waals surface area contributed by atoms with Crippen molar-refractivity contribution in [2.75, 3.05) is 39.6 Å². The molecule has 0 amide bonds. The van der Waals surface area contributed by atoms with E-state index in [-0.39, 0.29) is 25.7 Å². The van der Waals surface area contributed by atoms with Crippen molar-refractivity contribution in [3.8, 4) is 0 Å². The van der Waals surface area contributed by atoms with Gasteiger partial charge in [-0.1, -0.05) is 297 Å². The highest BCUT2D eigenvalue weighted by molar-refractivity contribution is 7.47. The van der Waals surface area contributed by atoms with E-state index in [2.05, 4.69) is 149 Å². The number of aliphatic hydroxyl groups excluding tert-OH is 1. The summed E-state index contributed by atoms with van der Waals surface area (Å²) in [4.78, 5) is 73.0. The summed E-state index contributed by atoms with van der Waals surface area (Å²) in [5, 5.41) is 10.6. The van der Waals surface area contributed by atoms with Crippen molar-refractivity contribution in [1.29, 1.82) is 0 Å². The molecule has 5 atom stereocenters. The normalized spacial score (nSPS) is 14.5. The van der Waals surface area contributed by atoms with Crippen molar-refractivity contribution in [1.82, 2.24) is 0 Å². The summed E-state index contributed by atoms with van der Waals surface area (Å²) >= 11 is 0. The predicted molar refractivity (Wildman–Crippen MR) is 427 cm³/mol. The Labute approximate surface area is 632 Å². The molecule has 19 heteroatoms. The smallest absolute Gasteiger partial charge is 0.462 e. The van der Waals surface area contributed by atoms with Gasteiger partial charge in [0.1, 0.15) is 19.3 Å². The summed E-state index contributed by atoms with van der Waals surface area (Å²) < 4.78 is 68.6.